The van der Waals surface area contributed by atoms with Crippen LogP contribution >= 0.6 is 0 Å². The predicted octanol–water partition coefficient (Wildman–Crippen LogP) is 4.54. The highest BCUT2D eigenvalue weighted by Crippen LogP contribution is 2.26. The SMILES string of the molecule is COc1ccc(NC(=O)Cn2nnc(-c3ccccc3NC(=O)c3ccc(C(C)(C)C)cc3)n2)cc1. The van der Waals surface area contributed by atoms with Crippen molar-refractivity contribution >= 4 is 23.2 Å². The standard InChI is InChI=1S/C27H28N6O3/c1-27(2,3)19-11-9-18(10-12-19)26(35)29-23-8-6-5-7-22(23)25-30-32-33(31-25)17-24(34)28-20-13-15-21(36-4)16-14-20/h5-16H,17H2,1-4H3,(H,28,34)(H,29,35). The zero-order chi connectivity index (χ0) is 25.7. The molecule has 4 rings (SSSR count). The zero-order valence-corrected chi connectivity index (χ0v) is 20.6. The highest BCUT2D eigenvalue weighted by atomic mass is 16.5. The molecule has 36 heavy (non-hydrogen) atoms. The molecule has 0 aliphatic rings. The number of ether oxygens (including phenoxy) is 1. The van der Waals surface area contributed by atoms with Gasteiger partial charge in [0.15, 0.2) is 0 Å². The largest absolute Gasteiger partial charge is 0.497 e. The Labute approximate surface area is 209 Å². The van der Waals surface area contributed by atoms with E-state index in [9.17, 15) is 9.59 Å². The van der Waals surface area contributed by atoms with Crippen molar-refractivity contribution in [1.82, 2.24) is 20.2 Å². The summed E-state index contributed by atoms with van der Waals surface area (Å²) in [6.07, 6.45) is 0. The summed E-state index contributed by atoms with van der Waals surface area (Å²) in [5, 5.41) is 18.1. The number of rotatable bonds is 7. The summed E-state index contributed by atoms with van der Waals surface area (Å²) in [5.74, 6) is 0.452. The summed E-state index contributed by atoms with van der Waals surface area (Å²) in [6.45, 7) is 6.26. The van der Waals surface area contributed by atoms with Crippen molar-refractivity contribution in [2.45, 2.75) is 32.7 Å². The van der Waals surface area contributed by atoms with Gasteiger partial charge in [-0.15, -0.1) is 10.2 Å². The number of aromatic nitrogens is 4. The number of anilines is 2. The molecule has 0 saturated heterocycles. The van der Waals surface area contributed by atoms with Gasteiger partial charge in [0.25, 0.3) is 5.91 Å². The number of methoxy groups -OCH3 is 1. The van der Waals surface area contributed by atoms with Gasteiger partial charge in [0.05, 0.1) is 12.8 Å². The summed E-state index contributed by atoms with van der Waals surface area (Å²) in [6, 6.07) is 21.7. The fourth-order valence-corrected chi connectivity index (χ4v) is 3.52. The molecule has 0 atom stereocenters. The van der Waals surface area contributed by atoms with Crippen LogP contribution in [0, 0.1) is 0 Å². The van der Waals surface area contributed by atoms with E-state index in [0.717, 1.165) is 5.56 Å². The van der Waals surface area contributed by atoms with Crippen LogP contribution < -0.4 is 15.4 Å². The lowest BCUT2D eigenvalue weighted by atomic mass is 9.86. The Morgan fingerprint density at radius 3 is 2.28 bits per heavy atom. The van der Waals surface area contributed by atoms with E-state index >= 15 is 0 Å². The van der Waals surface area contributed by atoms with Gasteiger partial charge in [-0.05, 0) is 64.7 Å². The Morgan fingerprint density at radius 2 is 1.61 bits per heavy atom. The smallest absolute Gasteiger partial charge is 0.255 e. The summed E-state index contributed by atoms with van der Waals surface area (Å²) in [7, 11) is 1.58. The Morgan fingerprint density at radius 1 is 0.917 bits per heavy atom. The van der Waals surface area contributed by atoms with Crippen LogP contribution in [0.25, 0.3) is 11.4 Å². The molecule has 1 aromatic heterocycles. The number of tetrazole rings is 1. The lowest BCUT2D eigenvalue weighted by Gasteiger charge is -2.19. The van der Waals surface area contributed by atoms with Gasteiger partial charge in [-0.25, -0.2) is 0 Å². The quantitative estimate of drug-likeness (QED) is 0.399. The van der Waals surface area contributed by atoms with E-state index in [0.29, 0.717) is 34.1 Å². The first-order valence-electron chi connectivity index (χ1n) is 11.5. The third-order valence-electron chi connectivity index (χ3n) is 5.54. The van der Waals surface area contributed by atoms with Crippen LogP contribution in [0.5, 0.6) is 5.75 Å². The molecule has 0 aliphatic heterocycles. The fourth-order valence-electron chi connectivity index (χ4n) is 3.52. The van der Waals surface area contributed by atoms with E-state index in [2.05, 4.69) is 46.8 Å². The lowest BCUT2D eigenvalue weighted by Crippen LogP contribution is -2.20. The first-order chi connectivity index (χ1) is 17.2. The van der Waals surface area contributed by atoms with E-state index in [4.69, 9.17) is 4.74 Å². The average Bonchev–Trinajstić information content (AvgIpc) is 3.32. The second kappa shape index (κ2) is 10.4. The molecule has 9 heteroatoms. The van der Waals surface area contributed by atoms with Gasteiger partial charge < -0.3 is 15.4 Å². The van der Waals surface area contributed by atoms with Gasteiger partial charge in [0, 0.05) is 16.8 Å². The molecule has 0 saturated carbocycles. The topological polar surface area (TPSA) is 111 Å². The van der Waals surface area contributed by atoms with Crippen LogP contribution in [0.4, 0.5) is 11.4 Å². The fraction of sp³-hybridized carbons (Fsp3) is 0.222. The molecular formula is C27H28N6O3. The van der Waals surface area contributed by atoms with E-state index < -0.39 is 0 Å². The maximum absolute atomic E-state index is 12.9. The zero-order valence-electron chi connectivity index (χ0n) is 20.6. The van der Waals surface area contributed by atoms with Gasteiger partial charge in [-0.2, -0.15) is 4.80 Å². The van der Waals surface area contributed by atoms with Crippen LogP contribution in [0.3, 0.4) is 0 Å². The maximum Gasteiger partial charge on any atom is 0.255 e. The first kappa shape index (κ1) is 24.6. The summed E-state index contributed by atoms with van der Waals surface area (Å²) in [5.41, 5.74) is 3.47. The number of hydrogen-bond acceptors (Lipinski definition) is 6. The van der Waals surface area contributed by atoms with E-state index in [-0.39, 0.29) is 23.8 Å². The molecule has 4 aromatic rings. The minimum atomic E-state index is -0.301. The van der Waals surface area contributed by atoms with Crippen LogP contribution in [0.2, 0.25) is 0 Å². The van der Waals surface area contributed by atoms with Crippen molar-refractivity contribution in [3.05, 3.63) is 83.9 Å². The third kappa shape index (κ3) is 5.93. The second-order valence-corrected chi connectivity index (χ2v) is 9.25. The molecule has 0 unspecified atom stereocenters. The molecule has 9 nitrogen and oxygen atoms in total. The Kier molecular flexibility index (Phi) is 7.10. The molecule has 0 fully saturated rings. The first-order valence-corrected chi connectivity index (χ1v) is 11.5. The molecule has 1 heterocycles. The van der Waals surface area contributed by atoms with Gasteiger partial charge in [0.2, 0.25) is 11.7 Å². The van der Waals surface area contributed by atoms with Gasteiger partial charge in [-0.1, -0.05) is 45.0 Å². The molecule has 184 valence electrons. The van der Waals surface area contributed by atoms with Crippen molar-refractivity contribution in [3.8, 4) is 17.1 Å². The average molecular weight is 485 g/mol. The minimum absolute atomic E-state index is 0.00461. The van der Waals surface area contributed by atoms with Crippen molar-refractivity contribution < 1.29 is 14.3 Å². The molecule has 2 amide bonds. The number of carbonyl (C=O) groups is 2. The number of carbonyl (C=O) groups excluding carboxylic acids is 2. The number of para-hydroxylation sites is 1. The maximum atomic E-state index is 12.9. The molecule has 3 aromatic carbocycles. The molecular weight excluding hydrogens is 456 g/mol. The number of hydrogen-bond donors (Lipinski definition) is 2. The highest BCUT2D eigenvalue weighted by molar-refractivity contribution is 6.06. The van der Waals surface area contributed by atoms with Crippen LogP contribution in [-0.4, -0.2) is 39.1 Å². The van der Waals surface area contributed by atoms with Gasteiger partial charge in [-0.3, -0.25) is 9.59 Å². The minimum Gasteiger partial charge on any atom is -0.497 e. The molecule has 0 radical (unpaired) electrons. The highest BCUT2D eigenvalue weighted by Gasteiger charge is 2.17. The Balaban J connectivity index is 1.44. The Hall–Kier alpha value is -4.53. The molecule has 0 aliphatic carbocycles. The number of benzene rings is 3. The van der Waals surface area contributed by atoms with E-state index in [1.165, 1.54) is 4.80 Å². The van der Waals surface area contributed by atoms with Crippen molar-refractivity contribution in [1.29, 1.82) is 0 Å². The normalized spacial score (nSPS) is 11.1. The van der Waals surface area contributed by atoms with Crippen LogP contribution in [0.15, 0.2) is 72.8 Å². The van der Waals surface area contributed by atoms with Crippen molar-refractivity contribution in [2.24, 2.45) is 0 Å². The molecule has 0 spiro atoms. The third-order valence-corrected chi connectivity index (χ3v) is 5.54. The van der Waals surface area contributed by atoms with Gasteiger partial charge in [0.1, 0.15) is 12.3 Å². The lowest BCUT2D eigenvalue weighted by molar-refractivity contribution is -0.117. The predicted molar refractivity (Wildman–Crippen MR) is 138 cm³/mol. The molecule has 2 N–H and O–H groups in total. The summed E-state index contributed by atoms with van der Waals surface area (Å²) >= 11 is 0. The van der Waals surface area contributed by atoms with Gasteiger partial charge >= 0.3 is 0 Å². The van der Waals surface area contributed by atoms with Crippen LogP contribution in [-0.2, 0) is 16.8 Å². The van der Waals surface area contributed by atoms with E-state index in [1.54, 1.807) is 43.5 Å². The number of nitrogens with one attached hydrogen (secondary N) is 2. The molecule has 0 bridgehead atoms. The monoisotopic (exact) mass is 484 g/mol. The Bertz CT molecular complexity index is 1360. The summed E-state index contributed by atoms with van der Waals surface area (Å²) in [4.78, 5) is 26.5. The second-order valence-electron chi connectivity index (χ2n) is 9.25. The number of nitrogens with zero attached hydrogens (tertiary/aromatic N) is 4. The summed E-state index contributed by atoms with van der Waals surface area (Å²) < 4.78 is 5.12. The van der Waals surface area contributed by atoms with Crippen molar-refractivity contribution in [3.63, 3.8) is 0 Å². The number of amides is 2. The van der Waals surface area contributed by atoms with Crippen molar-refractivity contribution in [2.75, 3.05) is 17.7 Å². The van der Waals surface area contributed by atoms with Crippen LogP contribution in [0.1, 0.15) is 36.7 Å². The van der Waals surface area contributed by atoms with E-state index in [1.807, 2.05) is 36.4 Å².